The highest BCUT2D eigenvalue weighted by atomic mass is 32.2. The molecule has 28 heavy (non-hydrogen) atoms. The van der Waals surface area contributed by atoms with Crippen molar-refractivity contribution in [1.82, 2.24) is 25.0 Å². The number of amides is 1. The first-order valence-corrected chi connectivity index (χ1v) is 10.8. The van der Waals surface area contributed by atoms with Gasteiger partial charge in [0, 0.05) is 18.5 Å². The van der Waals surface area contributed by atoms with Gasteiger partial charge in [-0.2, -0.15) is 0 Å². The first-order chi connectivity index (χ1) is 13.6. The summed E-state index contributed by atoms with van der Waals surface area (Å²) in [6.07, 6.45) is 1.87. The molecule has 148 valence electrons. The number of carbonyl (C=O) groups is 1. The highest BCUT2D eigenvalue weighted by Crippen LogP contribution is 2.26. The van der Waals surface area contributed by atoms with Crippen LogP contribution in [0.1, 0.15) is 25.3 Å². The molecule has 0 aliphatic heterocycles. The Bertz CT molecular complexity index is 923. The van der Waals surface area contributed by atoms with Gasteiger partial charge in [0.25, 0.3) is 0 Å². The standard InChI is InChI=1S/C18H22N6O2S2/c1-4-6-15-20-22-17(28-15)19-14(25)11-27-18-23-21-16(24(18)5-2)12-7-9-13(26-3)10-8-12/h7-10H,4-6,11H2,1-3H3,(H,19,22,25). The van der Waals surface area contributed by atoms with E-state index in [2.05, 4.69) is 32.6 Å². The van der Waals surface area contributed by atoms with Crippen LogP contribution in [0.3, 0.4) is 0 Å². The van der Waals surface area contributed by atoms with Crippen LogP contribution in [0.15, 0.2) is 29.4 Å². The SMILES string of the molecule is CCCc1nnc(NC(=O)CSc2nnc(-c3ccc(OC)cc3)n2CC)s1. The molecule has 0 bridgehead atoms. The number of hydrogen-bond acceptors (Lipinski definition) is 8. The highest BCUT2D eigenvalue weighted by molar-refractivity contribution is 7.99. The molecular weight excluding hydrogens is 396 g/mol. The second-order valence-corrected chi connectivity index (χ2v) is 7.87. The number of hydrogen-bond donors (Lipinski definition) is 1. The monoisotopic (exact) mass is 418 g/mol. The van der Waals surface area contributed by atoms with Gasteiger partial charge in [-0.05, 0) is 37.6 Å². The Hall–Kier alpha value is -2.46. The first kappa shape index (κ1) is 20.3. The van der Waals surface area contributed by atoms with Gasteiger partial charge in [-0.1, -0.05) is 30.0 Å². The lowest BCUT2D eigenvalue weighted by molar-refractivity contribution is -0.113. The Morgan fingerprint density at radius 1 is 1.18 bits per heavy atom. The predicted octanol–water partition coefficient (Wildman–Crippen LogP) is 3.51. The summed E-state index contributed by atoms with van der Waals surface area (Å²) in [5, 5.41) is 21.6. The average Bonchev–Trinajstić information content (AvgIpc) is 3.33. The summed E-state index contributed by atoms with van der Waals surface area (Å²) in [4.78, 5) is 12.2. The number of anilines is 1. The van der Waals surface area contributed by atoms with Crippen LogP contribution < -0.4 is 10.1 Å². The van der Waals surface area contributed by atoms with E-state index in [0.29, 0.717) is 16.8 Å². The van der Waals surface area contributed by atoms with Crippen molar-refractivity contribution in [2.45, 2.75) is 38.4 Å². The van der Waals surface area contributed by atoms with Gasteiger partial charge < -0.3 is 9.30 Å². The lowest BCUT2D eigenvalue weighted by Gasteiger charge is -2.08. The second-order valence-electron chi connectivity index (χ2n) is 5.87. The maximum Gasteiger partial charge on any atom is 0.236 e. The van der Waals surface area contributed by atoms with Gasteiger partial charge >= 0.3 is 0 Å². The maximum atomic E-state index is 12.2. The van der Waals surface area contributed by atoms with Crippen molar-refractivity contribution < 1.29 is 9.53 Å². The highest BCUT2D eigenvalue weighted by Gasteiger charge is 2.15. The third-order valence-corrected chi connectivity index (χ3v) is 5.76. The Morgan fingerprint density at radius 2 is 1.96 bits per heavy atom. The fourth-order valence-corrected chi connectivity index (χ4v) is 4.20. The average molecular weight is 419 g/mol. The zero-order chi connectivity index (χ0) is 19.9. The van der Waals surface area contributed by atoms with E-state index in [1.807, 2.05) is 35.8 Å². The van der Waals surface area contributed by atoms with E-state index in [0.717, 1.165) is 35.0 Å². The molecule has 8 nitrogen and oxygen atoms in total. The van der Waals surface area contributed by atoms with Crippen molar-refractivity contribution in [3.05, 3.63) is 29.3 Å². The molecule has 1 aromatic carbocycles. The van der Waals surface area contributed by atoms with Crippen LogP contribution in [0.5, 0.6) is 5.75 Å². The van der Waals surface area contributed by atoms with Crippen LogP contribution in [0.2, 0.25) is 0 Å². The molecule has 1 N–H and O–H groups in total. The molecule has 3 aromatic rings. The van der Waals surface area contributed by atoms with E-state index < -0.39 is 0 Å². The lowest BCUT2D eigenvalue weighted by atomic mass is 10.2. The molecule has 0 radical (unpaired) electrons. The van der Waals surface area contributed by atoms with Crippen molar-refractivity contribution in [2.75, 3.05) is 18.2 Å². The van der Waals surface area contributed by atoms with Gasteiger partial charge in [0.05, 0.1) is 12.9 Å². The third kappa shape index (κ3) is 4.87. The summed E-state index contributed by atoms with van der Waals surface area (Å²) in [5.74, 6) is 1.64. The molecule has 0 fully saturated rings. The molecule has 0 aliphatic carbocycles. The Morgan fingerprint density at radius 3 is 2.64 bits per heavy atom. The molecule has 0 spiro atoms. The van der Waals surface area contributed by atoms with Crippen LogP contribution in [0, 0.1) is 0 Å². The minimum Gasteiger partial charge on any atom is -0.497 e. The van der Waals surface area contributed by atoms with Crippen molar-refractivity contribution in [1.29, 1.82) is 0 Å². The quantitative estimate of drug-likeness (QED) is 0.531. The number of carbonyl (C=O) groups excluding carboxylic acids is 1. The van der Waals surface area contributed by atoms with Gasteiger partial charge in [-0.25, -0.2) is 0 Å². The van der Waals surface area contributed by atoms with Gasteiger partial charge in [0.15, 0.2) is 11.0 Å². The lowest BCUT2D eigenvalue weighted by Crippen LogP contribution is -2.14. The summed E-state index contributed by atoms with van der Waals surface area (Å²) in [7, 11) is 1.63. The molecule has 0 unspecified atom stereocenters. The number of thioether (sulfide) groups is 1. The topological polar surface area (TPSA) is 94.8 Å². The molecular formula is C18H22N6O2S2. The fraction of sp³-hybridized carbons (Fsp3) is 0.389. The number of nitrogens with one attached hydrogen (secondary N) is 1. The number of aromatic nitrogens is 5. The number of aryl methyl sites for hydroxylation is 1. The Balaban J connectivity index is 1.63. The van der Waals surface area contributed by atoms with Crippen molar-refractivity contribution in [3.63, 3.8) is 0 Å². The third-order valence-electron chi connectivity index (χ3n) is 3.89. The van der Waals surface area contributed by atoms with Crippen molar-refractivity contribution in [2.24, 2.45) is 0 Å². The molecule has 1 amide bonds. The van der Waals surface area contributed by atoms with Crippen LogP contribution in [-0.2, 0) is 17.8 Å². The first-order valence-electron chi connectivity index (χ1n) is 8.97. The summed E-state index contributed by atoms with van der Waals surface area (Å²) < 4.78 is 7.19. The summed E-state index contributed by atoms with van der Waals surface area (Å²) in [6, 6.07) is 7.66. The van der Waals surface area contributed by atoms with E-state index in [1.165, 1.54) is 23.1 Å². The van der Waals surface area contributed by atoms with Gasteiger partial charge in [0.1, 0.15) is 10.8 Å². The zero-order valence-electron chi connectivity index (χ0n) is 16.0. The van der Waals surface area contributed by atoms with Gasteiger partial charge in [0.2, 0.25) is 11.0 Å². The zero-order valence-corrected chi connectivity index (χ0v) is 17.6. The van der Waals surface area contributed by atoms with E-state index in [1.54, 1.807) is 7.11 Å². The van der Waals surface area contributed by atoms with Gasteiger partial charge in [-0.3, -0.25) is 10.1 Å². The van der Waals surface area contributed by atoms with Crippen molar-refractivity contribution >= 4 is 34.1 Å². The molecule has 0 aliphatic rings. The van der Waals surface area contributed by atoms with E-state index >= 15 is 0 Å². The minimum atomic E-state index is -0.138. The van der Waals surface area contributed by atoms with E-state index in [-0.39, 0.29) is 11.7 Å². The van der Waals surface area contributed by atoms with E-state index in [4.69, 9.17) is 4.74 Å². The van der Waals surface area contributed by atoms with Crippen LogP contribution in [0.4, 0.5) is 5.13 Å². The second kappa shape index (κ2) is 9.65. The summed E-state index contributed by atoms with van der Waals surface area (Å²) >= 11 is 2.76. The smallest absolute Gasteiger partial charge is 0.236 e. The molecule has 10 heteroatoms. The number of ether oxygens (including phenoxy) is 1. The number of methoxy groups -OCH3 is 1. The Labute approximate surface area is 171 Å². The maximum absolute atomic E-state index is 12.2. The number of rotatable bonds is 9. The predicted molar refractivity (Wildman–Crippen MR) is 111 cm³/mol. The fourth-order valence-electron chi connectivity index (χ4n) is 2.54. The van der Waals surface area contributed by atoms with E-state index in [9.17, 15) is 4.79 Å². The van der Waals surface area contributed by atoms with Crippen LogP contribution >= 0.6 is 23.1 Å². The summed E-state index contributed by atoms with van der Waals surface area (Å²) in [6.45, 7) is 4.81. The molecule has 0 saturated heterocycles. The molecule has 0 saturated carbocycles. The largest absolute Gasteiger partial charge is 0.497 e. The normalized spacial score (nSPS) is 10.8. The summed E-state index contributed by atoms with van der Waals surface area (Å²) in [5.41, 5.74) is 0.948. The van der Waals surface area contributed by atoms with Crippen LogP contribution in [0.25, 0.3) is 11.4 Å². The molecule has 2 heterocycles. The van der Waals surface area contributed by atoms with Gasteiger partial charge in [-0.15, -0.1) is 20.4 Å². The van der Waals surface area contributed by atoms with Crippen LogP contribution in [-0.4, -0.2) is 43.7 Å². The molecule has 3 rings (SSSR count). The number of nitrogens with zero attached hydrogens (tertiary/aromatic N) is 5. The molecule has 2 aromatic heterocycles. The minimum absolute atomic E-state index is 0.138. The Kier molecular flexibility index (Phi) is 6.99. The molecule has 0 atom stereocenters. The van der Waals surface area contributed by atoms with Crippen molar-refractivity contribution in [3.8, 4) is 17.1 Å². The number of benzene rings is 1.